The molecule has 0 spiro atoms. The Morgan fingerprint density at radius 1 is 1.25 bits per heavy atom. The third kappa shape index (κ3) is 8.82. The van der Waals surface area contributed by atoms with Crippen LogP contribution in [0, 0.1) is 0 Å². The largest absolute Gasteiger partial charge is 2.00 e. The summed E-state index contributed by atoms with van der Waals surface area (Å²) < 4.78 is 0. The zero-order valence-corrected chi connectivity index (χ0v) is 8.75. The van der Waals surface area contributed by atoms with Crippen LogP contribution in [-0.2, 0) is 45.7 Å². The molecule has 0 aliphatic carbocycles. The van der Waals surface area contributed by atoms with Crippen LogP contribution in [0.2, 0.25) is 0 Å². The predicted octanol–water partition coefficient (Wildman–Crippen LogP) is -1.61. The maximum Gasteiger partial charge on any atom is 2.00 e. The molecule has 0 aromatic rings. The number of hydrogen-bond acceptors (Lipinski definition) is 0. The third-order valence-electron chi connectivity index (χ3n) is 0. The minimum absolute atomic E-state index is 0. The van der Waals surface area contributed by atoms with Crippen LogP contribution in [0.1, 0.15) is 2.85 Å². The van der Waals surface area contributed by atoms with Gasteiger partial charge in [0.15, 0.2) is 0 Å². The maximum absolute atomic E-state index is 0. The molecule has 0 saturated heterocycles. The summed E-state index contributed by atoms with van der Waals surface area (Å²) in [6, 6.07) is 0. The minimum Gasteiger partial charge on any atom is -1.00 e. The van der Waals surface area contributed by atoms with Crippen LogP contribution in [0.3, 0.4) is 0 Å². The van der Waals surface area contributed by atoms with Crippen molar-refractivity contribution < 1.29 is 48.5 Å². The third-order valence-corrected chi connectivity index (χ3v) is 0. The Morgan fingerprint density at radius 3 is 1.25 bits per heavy atom. The van der Waals surface area contributed by atoms with Gasteiger partial charge in [-0.15, -0.1) is 0 Å². The summed E-state index contributed by atoms with van der Waals surface area (Å²) >= 11 is 0. The number of hydrogen-bond donors (Lipinski definition) is 0. The Labute approximate surface area is 81.5 Å². The first-order valence-electron chi connectivity index (χ1n) is 0. The van der Waals surface area contributed by atoms with Gasteiger partial charge < -0.3 is 2.85 Å². The molecule has 0 rings (SSSR count). The van der Waals surface area contributed by atoms with Crippen molar-refractivity contribution >= 4 is 34.0 Å². The van der Waals surface area contributed by atoms with Gasteiger partial charge in [0.1, 0.15) is 0 Å². The molecular formula is H6MgSiZnZr. The van der Waals surface area contributed by atoms with Crippen molar-refractivity contribution in [1.82, 2.24) is 0 Å². The summed E-state index contributed by atoms with van der Waals surface area (Å²) in [5, 5.41) is 0. The van der Waals surface area contributed by atoms with E-state index in [1.807, 2.05) is 0 Å². The summed E-state index contributed by atoms with van der Waals surface area (Å²) in [6.07, 6.45) is 0. The molecule has 18 valence electrons. The summed E-state index contributed by atoms with van der Waals surface area (Å²) in [7, 11) is 0. The van der Waals surface area contributed by atoms with E-state index in [4.69, 9.17) is 0 Å². The van der Waals surface area contributed by atoms with Crippen LogP contribution >= 0.6 is 0 Å². The fourth-order valence-corrected chi connectivity index (χ4v) is 0. The maximum atomic E-state index is 0. The second kappa shape index (κ2) is 17.9. The molecule has 0 aliphatic rings. The molecule has 0 heterocycles. The van der Waals surface area contributed by atoms with Crippen molar-refractivity contribution in [3.05, 3.63) is 0 Å². The molecule has 0 saturated carbocycles. The predicted molar refractivity (Wildman–Crippen MR) is 19.3 cm³/mol. The molecule has 4 heavy (non-hydrogen) atoms. The number of rotatable bonds is 0. The molecule has 0 atom stereocenters. The fourth-order valence-electron chi connectivity index (χ4n) is 0. The monoisotopic (exact) mass is 212 g/mol. The van der Waals surface area contributed by atoms with E-state index in [1.165, 1.54) is 0 Å². The molecule has 0 nitrogen and oxygen atoms in total. The van der Waals surface area contributed by atoms with E-state index in [-0.39, 0.29) is 82.6 Å². The first-order valence-corrected chi connectivity index (χ1v) is 0. The molecule has 0 radical (unpaired) electrons. The van der Waals surface area contributed by atoms with Crippen molar-refractivity contribution in [1.29, 1.82) is 0 Å². The quantitative estimate of drug-likeness (QED) is 0.426. The average molecular weight is 215 g/mol. The summed E-state index contributed by atoms with van der Waals surface area (Å²) in [5.41, 5.74) is 0. The van der Waals surface area contributed by atoms with Gasteiger partial charge in [-0.2, -0.15) is 0 Å². The van der Waals surface area contributed by atoms with Crippen LogP contribution in [0.15, 0.2) is 0 Å². The SMILES string of the molecule is [H-].[H-].[Mg+2].[SiH4].[Zn].[Zr]. The van der Waals surface area contributed by atoms with Crippen molar-refractivity contribution in [3.8, 4) is 0 Å². The molecule has 0 unspecified atom stereocenters. The van der Waals surface area contributed by atoms with E-state index in [0.717, 1.165) is 0 Å². The molecule has 4 heteroatoms. The molecule has 0 amide bonds. The van der Waals surface area contributed by atoms with Crippen molar-refractivity contribution in [2.45, 2.75) is 0 Å². The van der Waals surface area contributed by atoms with Gasteiger partial charge in [0.25, 0.3) is 0 Å². The molecule has 0 fully saturated rings. The Bertz CT molecular complexity index is 13.5. The molecule has 0 N–H and O–H groups in total. The van der Waals surface area contributed by atoms with Gasteiger partial charge >= 0.3 is 23.1 Å². The van der Waals surface area contributed by atoms with Gasteiger partial charge in [0.05, 0.1) is 0 Å². The molecule has 0 aromatic carbocycles. The Kier molecular flexibility index (Phi) is 141. The standard InChI is InChI=1S/Mg.H4Si.Zn.Zr.2H/h;1H4;;;;/q+2;;;;2*-1. The molecular weight excluding hydrogens is 209 g/mol. The van der Waals surface area contributed by atoms with Crippen molar-refractivity contribution in [2.24, 2.45) is 0 Å². The van der Waals surface area contributed by atoms with Crippen LogP contribution in [-0.4, -0.2) is 34.0 Å². The minimum atomic E-state index is 0. The van der Waals surface area contributed by atoms with Gasteiger partial charge in [0.2, 0.25) is 0 Å². The topological polar surface area (TPSA) is 0 Å². The second-order valence-corrected chi connectivity index (χ2v) is 0. The van der Waals surface area contributed by atoms with Crippen molar-refractivity contribution in [2.75, 3.05) is 0 Å². The van der Waals surface area contributed by atoms with E-state index >= 15 is 0 Å². The Morgan fingerprint density at radius 2 is 1.25 bits per heavy atom. The van der Waals surface area contributed by atoms with Gasteiger partial charge in [0, 0.05) is 45.7 Å². The summed E-state index contributed by atoms with van der Waals surface area (Å²) in [5.74, 6) is 0. The summed E-state index contributed by atoms with van der Waals surface area (Å²) in [6.45, 7) is 0. The Balaban J connectivity index is 0. The second-order valence-electron chi connectivity index (χ2n) is 0. The smallest absolute Gasteiger partial charge is 1.00 e. The van der Waals surface area contributed by atoms with Gasteiger partial charge in [-0.25, -0.2) is 0 Å². The summed E-state index contributed by atoms with van der Waals surface area (Å²) in [4.78, 5) is 0. The first kappa shape index (κ1) is 31.6. The molecule has 0 aliphatic heterocycles. The van der Waals surface area contributed by atoms with Gasteiger partial charge in [-0.05, 0) is 11.0 Å². The van der Waals surface area contributed by atoms with E-state index in [2.05, 4.69) is 0 Å². The van der Waals surface area contributed by atoms with Crippen molar-refractivity contribution in [3.63, 3.8) is 0 Å². The molecule has 0 bridgehead atoms. The first-order chi connectivity index (χ1) is 0. The zero-order valence-electron chi connectivity index (χ0n) is 3.91. The molecule has 0 aromatic heterocycles. The van der Waals surface area contributed by atoms with Gasteiger partial charge in [-0.3, -0.25) is 0 Å². The van der Waals surface area contributed by atoms with Crippen LogP contribution in [0.5, 0.6) is 0 Å². The van der Waals surface area contributed by atoms with Crippen LogP contribution < -0.4 is 0 Å². The van der Waals surface area contributed by atoms with E-state index in [1.54, 1.807) is 0 Å². The Hall–Kier alpha value is 2.49. The fraction of sp³-hybridized carbons (Fsp3) is 0. The zero-order chi connectivity index (χ0) is 0. The van der Waals surface area contributed by atoms with Gasteiger partial charge in [-0.1, -0.05) is 0 Å². The van der Waals surface area contributed by atoms with E-state index < -0.39 is 0 Å². The van der Waals surface area contributed by atoms with Crippen LogP contribution in [0.25, 0.3) is 0 Å². The normalized spacial score (nSPS) is 0. The average Bonchev–Trinajstić information content (AvgIpc) is 0. The van der Waals surface area contributed by atoms with E-state index in [9.17, 15) is 0 Å². The van der Waals surface area contributed by atoms with Crippen LogP contribution in [0.4, 0.5) is 0 Å². The van der Waals surface area contributed by atoms with E-state index in [0.29, 0.717) is 0 Å².